The standard InChI is InChI=1S/C18H24N4O5/c23-13-20-18(17(25)26,27-15-4-2-1-3-5-15)21-10-11-22(16(24)12-21)14-6-8-19-9-7-14/h1-5,13-14,19H,6-12H2,(H,20,23)(H,25,26). The highest BCUT2D eigenvalue weighted by Crippen LogP contribution is 2.24. The Labute approximate surface area is 157 Å². The van der Waals surface area contributed by atoms with Crippen LogP contribution < -0.4 is 15.4 Å². The number of hydrogen-bond donors (Lipinski definition) is 3. The fourth-order valence-electron chi connectivity index (χ4n) is 3.62. The number of carbonyl (C=O) groups excluding carboxylic acids is 2. The summed E-state index contributed by atoms with van der Waals surface area (Å²) in [7, 11) is 0. The van der Waals surface area contributed by atoms with E-state index in [1.165, 1.54) is 4.90 Å². The third-order valence-corrected chi connectivity index (χ3v) is 5.01. The van der Waals surface area contributed by atoms with E-state index in [1.807, 2.05) is 4.90 Å². The van der Waals surface area contributed by atoms with Gasteiger partial charge in [0.05, 0.1) is 6.54 Å². The molecule has 0 aromatic heterocycles. The molecule has 1 aromatic carbocycles. The molecule has 9 nitrogen and oxygen atoms in total. The molecule has 1 aromatic rings. The van der Waals surface area contributed by atoms with Crippen molar-refractivity contribution in [3.8, 4) is 5.75 Å². The Morgan fingerprint density at radius 1 is 1.26 bits per heavy atom. The molecule has 27 heavy (non-hydrogen) atoms. The molecule has 0 aliphatic carbocycles. The highest BCUT2D eigenvalue weighted by Gasteiger charge is 2.50. The maximum absolute atomic E-state index is 12.7. The highest BCUT2D eigenvalue weighted by atomic mass is 16.6. The van der Waals surface area contributed by atoms with Gasteiger partial charge in [-0.3, -0.25) is 14.9 Å². The van der Waals surface area contributed by atoms with Crippen LogP contribution in [0, 0.1) is 0 Å². The van der Waals surface area contributed by atoms with Gasteiger partial charge in [-0.25, -0.2) is 9.69 Å². The Bertz CT molecular complexity index is 680. The summed E-state index contributed by atoms with van der Waals surface area (Å²) in [5.41, 5.74) is 0. The van der Waals surface area contributed by atoms with Gasteiger partial charge in [-0.15, -0.1) is 0 Å². The van der Waals surface area contributed by atoms with E-state index < -0.39 is 11.8 Å². The number of aliphatic carboxylic acids is 1. The van der Waals surface area contributed by atoms with Crippen molar-refractivity contribution < 1.29 is 24.2 Å². The molecule has 2 saturated heterocycles. The lowest BCUT2D eigenvalue weighted by atomic mass is 10.0. The molecule has 2 fully saturated rings. The van der Waals surface area contributed by atoms with Crippen LogP contribution in [0.3, 0.4) is 0 Å². The molecule has 0 radical (unpaired) electrons. The van der Waals surface area contributed by atoms with E-state index >= 15 is 0 Å². The second-order valence-electron chi connectivity index (χ2n) is 6.62. The van der Waals surface area contributed by atoms with Crippen LogP contribution >= 0.6 is 0 Å². The summed E-state index contributed by atoms with van der Waals surface area (Å²) in [6, 6.07) is 8.51. The van der Waals surface area contributed by atoms with Gasteiger partial charge in [0.15, 0.2) is 0 Å². The summed E-state index contributed by atoms with van der Waals surface area (Å²) >= 11 is 0. The molecule has 146 valence electrons. The Kier molecular flexibility index (Phi) is 5.92. The summed E-state index contributed by atoms with van der Waals surface area (Å²) < 4.78 is 5.68. The Balaban J connectivity index is 1.79. The average molecular weight is 376 g/mol. The summed E-state index contributed by atoms with van der Waals surface area (Å²) in [6.07, 6.45) is 2.03. The zero-order valence-corrected chi connectivity index (χ0v) is 15.0. The average Bonchev–Trinajstić information content (AvgIpc) is 2.69. The quantitative estimate of drug-likeness (QED) is 0.432. The largest absolute Gasteiger partial charge is 0.476 e. The maximum atomic E-state index is 12.7. The minimum Gasteiger partial charge on any atom is -0.476 e. The number of ether oxygens (including phenoxy) is 1. The fraction of sp³-hybridized carbons (Fsp3) is 0.500. The van der Waals surface area contributed by atoms with E-state index in [-0.39, 0.29) is 37.2 Å². The topological polar surface area (TPSA) is 111 Å². The van der Waals surface area contributed by atoms with Crippen molar-refractivity contribution in [2.45, 2.75) is 24.7 Å². The molecule has 2 aliphatic heterocycles. The summed E-state index contributed by atoms with van der Waals surface area (Å²) in [5.74, 6) is -3.41. The number of carboxylic acids is 1. The van der Waals surface area contributed by atoms with Gasteiger partial charge in [0.1, 0.15) is 5.75 Å². The number of para-hydroxylation sites is 1. The van der Waals surface area contributed by atoms with Crippen molar-refractivity contribution in [1.82, 2.24) is 20.4 Å². The molecule has 0 spiro atoms. The first-order chi connectivity index (χ1) is 13.1. The molecular weight excluding hydrogens is 352 g/mol. The van der Waals surface area contributed by atoms with Gasteiger partial charge >= 0.3 is 11.8 Å². The molecule has 2 aliphatic rings. The fourth-order valence-corrected chi connectivity index (χ4v) is 3.62. The number of hydrogen-bond acceptors (Lipinski definition) is 6. The van der Waals surface area contributed by atoms with E-state index in [1.54, 1.807) is 30.3 Å². The second kappa shape index (κ2) is 8.36. The van der Waals surface area contributed by atoms with E-state index in [0.717, 1.165) is 25.9 Å². The van der Waals surface area contributed by atoms with E-state index in [9.17, 15) is 19.5 Å². The van der Waals surface area contributed by atoms with Crippen LogP contribution in [0.15, 0.2) is 30.3 Å². The Morgan fingerprint density at radius 3 is 2.56 bits per heavy atom. The summed E-state index contributed by atoms with van der Waals surface area (Å²) in [6.45, 7) is 2.23. The number of amides is 2. The SMILES string of the molecule is O=CNC(Oc1ccccc1)(C(=O)O)N1CCN(C2CCNCC2)C(=O)C1. The first-order valence-electron chi connectivity index (χ1n) is 9.01. The summed E-state index contributed by atoms with van der Waals surface area (Å²) in [5, 5.41) is 15.4. The van der Waals surface area contributed by atoms with Crippen LogP contribution in [-0.2, 0) is 14.4 Å². The van der Waals surface area contributed by atoms with Crippen LogP contribution in [-0.4, -0.2) is 77.8 Å². The normalized spacial score (nSPS) is 21.3. The van der Waals surface area contributed by atoms with Gasteiger partial charge in [0.25, 0.3) is 0 Å². The number of piperazine rings is 1. The first kappa shape index (κ1) is 19.1. The number of nitrogens with one attached hydrogen (secondary N) is 2. The van der Waals surface area contributed by atoms with Gasteiger partial charge in [-0.05, 0) is 38.1 Å². The number of benzene rings is 1. The monoisotopic (exact) mass is 376 g/mol. The molecule has 3 rings (SSSR count). The Hall–Kier alpha value is -2.65. The smallest absolute Gasteiger partial charge is 0.387 e. The third-order valence-electron chi connectivity index (χ3n) is 5.01. The van der Waals surface area contributed by atoms with E-state index in [0.29, 0.717) is 6.54 Å². The zero-order valence-electron chi connectivity index (χ0n) is 15.0. The number of carbonyl (C=O) groups is 3. The molecule has 0 bridgehead atoms. The molecule has 1 unspecified atom stereocenters. The lowest BCUT2D eigenvalue weighted by Crippen LogP contribution is -2.72. The van der Waals surface area contributed by atoms with Crippen LogP contribution in [0.2, 0.25) is 0 Å². The lowest BCUT2D eigenvalue weighted by Gasteiger charge is -2.45. The van der Waals surface area contributed by atoms with Crippen LogP contribution in [0.5, 0.6) is 5.75 Å². The van der Waals surface area contributed by atoms with E-state index in [4.69, 9.17) is 4.74 Å². The van der Waals surface area contributed by atoms with Crippen LogP contribution in [0.4, 0.5) is 0 Å². The van der Waals surface area contributed by atoms with E-state index in [2.05, 4.69) is 10.6 Å². The molecule has 2 heterocycles. The van der Waals surface area contributed by atoms with Gasteiger partial charge in [-0.2, -0.15) is 0 Å². The Morgan fingerprint density at radius 2 is 1.96 bits per heavy atom. The van der Waals surface area contributed by atoms with Crippen molar-refractivity contribution >= 4 is 18.3 Å². The molecule has 2 amide bonds. The molecule has 3 N–H and O–H groups in total. The minimum absolute atomic E-state index is 0.149. The first-order valence-corrected chi connectivity index (χ1v) is 9.01. The lowest BCUT2D eigenvalue weighted by molar-refractivity contribution is -0.190. The zero-order chi connectivity index (χ0) is 19.3. The summed E-state index contributed by atoms with van der Waals surface area (Å²) in [4.78, 5) is 39.2. The predicted octanol–water partition coefficient (Wildman–Crippen LogP) is -0.554. The van der Waals surface area contributed by atoms with Crippen LogP contribution in [0.1, 0.15) is 12.8 Å². The number of carboxylic acid groups (broad SMARTS) is 1. The minimum atomic E-state index is -2.14. The van der Waals surface area contributed by atoms with Crippen molar-refractivity contribution in [2.24, 2.45) is 0 Å². The number of nitrogens with zero attached hydrogens (tertiary/aromatic N) is 2. The number of piperidine rings is 1. The third kappa shape index (κ3) is 4.04. The van der Waals surface area contributed by atoms with Crippen molar-refractivity contribution in [2.75, 3.05) is 32.7 Å². The molecule has 1 atom stereocenters. The maximum Gasteiger partial charge on any atom is 0.387 e. The molecule has 0 saturated carbocycles. The van der Waals surface area contributed by atoms with Crippen molar-refractivity contribution in [3.05, 3.63) is 30.3 Å². The highest BCUT2D eigenvalue weighted by molar-refractivity contribution is 5.83. The molecular formula is C18H24N4O5. The molecule has 9 heteroatoms. The van der Waals surface area contributed by atoms with Crippen molar-refractivity contribution in [3.63, 3.8) is 0 Å². The van der Waals surface area contributed by atoms with Gasteiger partial charge in [0, 0.05) is 19.1 Å². The van der Waals surface area contributed by atoms with Gasteiger partial charge in [0.2, 0.25) is 12.3 Å². The predicted molar refractivity (Wildman–Crippen MR) is 95.8 cm³/mol. The second-order valence-corrected chi connectivity index (χ2v) is 6.62. The van der Waals surface area contributed by atoms with Gasteiger partial charge < -0.3 is 20.1 Å². The van der Waals surface area contributed by atoms with Crippen molar-refractivity contribution in [1.29, 1.82) is 0 Å². The number of rotatable bonds is 7. The van der Waals surface area contributed by atoms with Gasteiger partial charge in [-0.1, -0.05) is 18.2 Å². The van der Waals surface area contributed by atoms with Crippen LogP contribution in [0.25, 0.3) is 0 Å².